The molecule has 0 aliphatic rings. The Morgan fingerprint density at radius 1 is 1.15 bits per heavy atom. The number of nitrogens with one attached hydrogen (secondary N) is 1. The number of hydrogen-bond donors (Lipinski definition) is 1. The Balaban J connectivity index is 1.64. The summed E-state index contributed by atoms with van der Waals surface area (Å²) in [7, 11) is 1.61. The average molecular weight is 383 g/mol. The van der Waals surface area contributed by atoms with Crippen LogP contribution in [0.15, 0.2) is 52.1 Å². The van der Waals surface area contributed by atoms with Crippen LogP contribution in [-0.4, -0.2) is 28.5 Å². The molecule has 0 saturated carbocycles. The van der Waals surface area contributed by atoms with E-state index < -0.39 is 0 Å². The van der Waals surface area contributed by atoms with Gasteiger partial charge in [0.15, 0.2) is 0 Å². The van der Waals surface area contributed by atoms with Crippen molar-refractivity contribution in [2.24, 2.45) is 0 Å². The summed E-state index contributed by atoms with van der Waals surface area (Å²) >= 11 is 1.23. The van der Waals surface area contributed by atoms with E-state index in [1.807, 2.05) is 56.3 Å². The Bertz CT molecular complexity index is 938. The fourth-order valence-electron chi connectivity index (χ4n) is 2.50. The summed E-state index contributed by atoms with van der Waals surface area (Å²) in [5.74, 6) is 1.04. The van der Waals surface area contributed by atoms with Gasteiger partial charge in [-0.2, -0.15) is 0 Å². The summed E-state index contributed by atoms with van der Waals surface area (Å²) in [6.07, 6.45) is 0. The van der Waals surface area contributed by atoms with Crippen LogP contribution in [0, 0.1) is 13.8 Å². The maximum Gasteiger partial charge on any atom is 0.277 e. The quantitative estimate of drug-likeness (QED) is 0.632. The van der Waals surface area contributed by atoms with E-state index in [1.54, 1.807) is 14.0 Å². The maximum absolute atomic E-state index is 12.5. The lowest BCUT2D eigenvalue weighted by molar-refractivity contribution is -0.115. The number of carbonyl (C=O) groups excluding carboxylic acids is 1. The van der Waals surface area contributed by atoms with Gasteiger partial charge in [-0.05, 0) is 56.7 Å². The van der Waals surface area contributed by atoms with Crippen molar-refractivity contribution >= 4 is 23.4 Å². The fourth-order valence-corrected chi connectivity index (χ4v) is 3.18. The molecule has 0 aliphatic carbocycles. The van der Waals surface area contributed by atoms with Crippen molar-refractivity contribution in [2.45, 2.75) is 31.2 Å². The molecule has 1 amide bonds. The van der Waals surface area contributed by atoms with Gasteiger partial charge in [-0.15, -0.1) is 10.2 Å². The summed E-state index contributed by atoms with van der Waals surface area (Å²) in [6, 6.07) is 13.3. The van der Waals surface area contributed by atoms with Gasteiger partial charge in [0, 0.05) is 11.3 Å². The molecule has 0 bridgehead atoms. The highest BCUT2D eigenvalue weighted by molar-refractivity contribution is 8.00. The summed E-state index contributed by atoms with van der Waals surface area (Å²) in [5, 5.41) is 11.0. The number of methoxy groups -OCH3 is 1. The Morgan fingerprint density at radius 2 is 1.89 bits per heavy atom. The second-order valence-electron chi connectivity index (χ2n) is 6.17. The lowest BCUT2D eigenvalue weighted by atomic mass is 10.1. The molecule has 1 atom stereocenters. The Labute approximate surface area is 162 Å². The molecule has 140 valence electrons. The van der Waals surface area contributed by atoms with Crippen molar-refractivity contribution < 1.29 is 13.9 Å². The zero-order chi connectivity index (χ0) is 19.4. The van der Waals surface area contributed by atoms with E-state index in [0.717, 1.165) is 28.1 Å². The topological polar surface area (TPSA) is 77.2 Å². The fraction of sp³-hybridized carbons (Fsp3) is 0.250. The van der Waals surface area contributed by atoms with E-state index in [1.165, 1.54) is 11.8 Å². The van der Waals surface area contributed by atoms with Crippen molar-refractivity contribution in [1.82, 2.24) is 10.2 Å². The second kappa shape index (κ2) is 8.26. The number of benzene rings is 2. The number of aryl methyl sites for hydroxylation is 2. The zero-order valence-electron chi connectivity index (χ0n) is 15.6. The third kappa shape index (κ3) is 4.68. The van der Waals surface area contributed by atoms with Crippen LogP contribution < -0.4 is 10.1 Å². The molecule has 0 fully saturated rings. The van der Waals surface area contributed by atoms with Crippen LogP contribution in [-0.2, 0) is 4.79 Å². The van der Waals surface area contributed by atoms with E-state index in [9.17, 15) is 4.79 Å². The normalized spacial score (nSPS) is 11.9. The van der Waals surface area contributed by atoms with Crippen molar-refractivity contribution in [3.8, 4) is 17.2 Å². The predicted molar refractivity (Wildman–Crippen MR) is 106 cm³/mol. The van der Waals surface area contributed by atoms with Crippen molar-refractivity contribution in [3.05, 3.63) is 53.6 Å². The number of nitrogens with zero attached hydrogens (tertiary/aromatic N) is 2. The molecule has 2 aromatic carbocycles. The molecule has 3 rings (SSSR count). The lowest BCUT2D eigenvalue weighted by Gasteiger charge is -2.12. The van der Waals surface area contributed by atoms with E-state index in [0.29, 0.717) is 11.1 Å². The van der Waals surface area contributed by atoms with Gasteiger partial charge in [0.05, 0.1) is 12.4 Å². The molecule has 0 aliphatic heterocycles. The standard InChI is InChI=1S/C20H21N3O3S/c1-12-5-10-17(13(2)11-12)21-18(24)14(3)27-20-23-22-19(26-20)15-6-8-16(25-4)9-7-15/h5-11,14H,1-4H3,(H,21,24). The van der Waals surface area contributed by atoms with E-state index in [2.05, 4.69) is 15.5 Å². The first-order valence-corrected chi connectivity index (χ1v) is 9.37. The molecule has 1 N–H and O–H groups in total. The molecule has 0 saturated heterocycles. The highest BCUT2D eigenvalue weighted by Gasteiger charge is 2.19. The number of rotatable bonds is 6. The van der Waals surface area contributed by atoms with E-state index in [-0.39, 0.29) is 11.2 Å². The van der Waals surface area contributed by atoms with Crippen molar-refractivity contribution in [2.75, 3.05) is 12.4 Å². The third-order valence-corrected chi connectivity index (χ3v) is 4.96. The highest BCUT2D eigenvalue weighted by atomic mass is 32.2. The minimum absolute atomic E-state index is 0.115. The summed E-state index contributed by atoms with van der Waals surface area (Å²) in [6.45, 7) is 5.80. The molecular formula is C20H21N3O3S. The molecule has 1 unspecified atom stereocenters. The molecule has 0 radical (unpaired) electrons. The first kappa shape index (κ1) is 19.0. The molecule has 3 aromatic rings. The summed E-state index contributed by atoms with van der Waals surface area (Å²) in [4.78, 5) is 12.5. The highest BCUT2D eigenvalue weighted by Crippen LogP contribution is 2.28. The second-order valence-corrected chi connectivity index (χ2v) is 7.46. The van der Waals surface area contributed by atoms with Crippen LogP contribution >= 0.6 is 11.8 Å². The molecule has 27 heavy (non-hydrogen) atoms. The number of hydrogen-bond acceptors (Lipinski definition) is 6. The Morgan fingerprint density at radius 3 is 2.56 bits per heavy atom. The largest absolute Gasteiger partial charge is 0.497 e. The number of thioether (sulfide) groups is 1. The smallest absolute Gasteiger partial charge is 0.277 e. The van der Waals surface area contributed by atoms with Crippen molar-refractivity contribution in [3.63, 3.8) is 0 Å². The summed E-state index contributed by atoms with van der Waals surface area (Å²) in [5.41, 5.74) is 3.79. The van der Waals surface area contributed by atoms with E-state index >= 15 is 0 Å². The maximum atomic E-state index is 12.5. The molecule has 7 heteroatoms. The van der Waals surface area contributed by atoms with Gasteiger partial charge >= 0.3 is 0 Å². The number of anilines is 1. The van der Waals surface area contributed by atoms with Crippen LogP contribution in [0.1, 0.15) is 18.1 Å². The molecular weight excluding hydrogens is 362 g/mol. The van der Waals surface area contributed by atoms with Gasteiger partial charge in [0.1, 0.15) is 5.75 Å². The van der Waals surface area contributed by atoms with Crippen LogP contribution in [0.2, 0.25) is 0 Å². The van der Waals surface area contributed by atoms with E-state index in [4.69, 9.17) is 9.15 Å². The first-order valence-electron chi connectivity index (χ1n) is 8.49. The zero-order valence-corrected chi connectivity index (χ0v) is 16.5. The number of amides is 1. The monoisotopic (exact) mass is 383 g/mol. The third-order valence-electron chi connectivity index (χ3n) is 4.03. The minimum atomic E-state index is -0.380. The summed E-state index contributed by atoms with van der Waals surface area (Å²) < 4.78 is 10.8. The average Bonchev–Trinajstić information content (AvgIpc) is 3.12. The number of aromatic nitrogens is 2. The predicted octanol–water partition coefficient (Wildman–Crippen LogP) is 4.48. The SMILES string of the molecule is COc1ccc(-c2nnc(SC(C)C(=O)Nc3ccc(C)cc3C)o2)cc1. The number of ether oxygens (including phenoxy) is 1. The molecule has 1 heterocycles. The van der Waals surface area contributed by atoms with Crippen LogP contribution in [0.4, 0.5) is 5.69 Å². The van der Waals surface area contributed by atoms with Gasteiger partial charge in [-0.25, -0.2) is 0 Å². The first-order chi connectivity index (χ1) is 13.0. The Kier molecular flexibility index (Phi) is 5.81. The Hall–Kier alpha value is -2.80. The van der Waals surface area contributed by atoms with Crippen molar-refractivity contribution in [1.29, 1.82) is 0 Å². The van der Waals surface area contributed by atoms with Crippen LogP contribution in [0.5, 0.6) is 5.75 Å². The van der Waals surface area contributed by atoms with Crippen LogP contribution in [0.25, 0.3) is 11.5 Å². The molecule has 1 aromatic heterocycles. The van der Waals surface area contributed by atoms with Crippen LogP contribution in [0.3, 0.4) is 0 Å². The van der Waals surface area contributed by atoms with Gasteiger partial charge < -0.3 is 14.5 Å². The molecule has 0 spiro atoms. The van der Waals surface area contributed by atoms with Gasteiger partial charge in [0.25, 0.3) is 5.22 Å². The molecule has 6 nitrogen and oxygen atoms in total. The van der Waals surface area contributed by atoms with Gasteiger partial charge in [-0.3, -0.25) is 4.79 Å². The minimum Gasteiger partial charge on any atom is -0.497 e. The number of carbonyl (C=O) groups is 1. The van der Waals surface area contributed by atoms with Gasteiger partial charge in [-0.1, -0.05) is 29.5 Å². The lowest BCUT2D eigenvalue weighted by Crippen LogP contribution is -2.22. The van der Waals surface area contributed by atoms with Gasteiger partial charge in [0.2, 0.25) is 11.8 Å².